The highest BCUT2D eigenvalue weighted by molar-refractivity contribution is 5.87. The van der Waals surface area contributed by atoms with Gasteiger partial charge in [-0.25, -0.2) is 0 Å². The Hall–Kier alpha value is -3.97. The molecule has 0 atom stereocenters. The quantitative estimate of drug-likeness (QED) is 0.146. The predicted molar refractivity (Wildman–Crippen MR) is 198 cm³/mol. The lowest BCUT2D eigenvalue weighted by atomic mass is 9.72. The topological polar surface area (TPSA) is 17.1 Å². The van der Waals surface area contributed by atoms with Gasteiger partial charge in [-0.1, -0.05) is 168 Å². The maximum atomic E-state index is 11.0. The normalized spacial score (nSPS) is 18.8. The van der Waals surface area contributed by atoms with Gasteiger partial charge in [-0.3, -0.25) is 4.79 Å². The third-order valence-corrected chi connectivity index (χ3v) is 7.34. The number of hydrogen-bond donors (Lipinski definition) is 0. The molecular weight excluding hydrogens is 532 g/mol. The summed E-state index contributed by atoms with van der Waals surface area (Å²) in [5.41, 5.74) is 10.4. The van der Waals surface area contributed by atoms with Crippen molar-refractivity contribution in [3.8, 4) is 0 Å². The van der Waals surface area contributed by atoms with Crippen molar-refractivity contribution < 1.29 is 4.79 Å². The van der Waals surface area contributed by atoms with Gasteiger partial charge in [-0.2, -0.15) is 0 Å². The summed E-state index contributed by atoms with van der Waals surface area (Å²) >= 11 is 0. The molecule has 0 unspecified atom stereocenters. The van der Waals surface area contributed by atoms with Gasteiger partial charge in [0, 0.05) is 0 Å². The lowest BCUT2D eigenvalue weighted by Gasteiger charge is -2.32. The fourth-order valence-electron chi connectivity index (χ4n) is 4.63. The van der Waals surface area contributed by atoms with Gasteiger partial charge in [0.1, 0.15) is 0 Å². The summed E-state index contributed by atoms with van der Waals surface area (Å²) in [5, 5.41) is 0. The average Bonchev–Trinajstić information content (AvgIpc) is 2.93. The molecule has 0 aromatic heterocycles. The molecular formula is C43H56O. The van der Waals surface area contributed by atoms with E-state index < -0.39 is 0 Å². The van der Waals surface area contributed by atoms with E-state index in [1.807, 2.05) is 25.2 Å². The zero-order chi connectivity index (χ0) is 33.0. The smallest absolute Gasteiger partial charge is 0.152 e. The molecule has 1 heteroatoms. The summed E-state index contributed by atoms with van der Waals surface area (Å²) in [6.45, 7) is 21.1. The Labute approximate surface area is 270 Å². The molecule has 234 valence electrons. The van der Waals surface area contributed by atoms with Crippen molar-refractivity contribution in [3.63, 3.8) is 0 Å². The Morgan fingerprint density at radius 2 is 0.886 bits per heavy atom. The molecule has 0 N–H and O–H groups in total. The molecule has 1 aliphatic carbocycles. The van der Waals surface area contributed by atoms with Crippen molar-refractivity contribution in [2.75, 3.05) is 0 Å². The summed E-state index contributed by atoms with van der Waals surface area (Å²) in [7, 11) is 0. The van der Waals surface area contributed by atoms with Gasteiger partial charge >= 0.3 is 0 Å². The summed E-state index contributed by atoms with van der Waals surface area (Å²) in [6.07, 6.45) is 45.2. The van der Waals surface area contributed by atoms with Crippen LogP contribution in [0.2, 0.25) is 0 Å². The highest BCUT2D eigenvalue weighted by Gasteiger charge is 2.26. The number of ketones is 1. The van der Waals surface area contributed by atoms with E-state index in [1.165, 1.54) is 52.7 Å². The van der Waals surface area contributed by atoms with Crippen molar-refractivity contribution in [1.82, 2.24) is 0 Å². The molecule has 0 radical (unpaired) electrons. The number of rotatable bonds is 14. The molecule has 1 rings (SSSR count). The van der Waals surface area contributed by atoms with Crippen molar-refractivity contribution in [2.45, 2.75) is 88.5 Å². The van der Waals surface area contributed by atoms with Gasteiger partial charge in [0.25, 0.3) is 0 Å². The molecule has 0 amide bonds. The Morgan fingerprint density at radius 1 is 0.523 bits per heavy atom. The molecule has 1 nitrogen and oxygen atoms in total. The van der Waals surface area contributed by atoms with Crippen LogP contribution in [0.1, 0.15) is 88.5 Å². The van der Waals surface area contributed by atoms with E-state index in [9.17, 15) is 4.79 Å². The first-order chi connectivity index (χ1) is 20.8. The molecule has 0 bridgehead atoms. The van der Waals surface area contributed by atoms with Crippen LogP contribution in [0, 0.1) is 5.41 Å². The fourth-order valence-corrected chi connectivity index (χ4v) is 4.63. The van der Waals surface area contributed by atoms with Crippen molar-refractivity contribution in [1.29, 1.82) is 0 Å². The van der Waals surface area contributed by atoms with Gasteiger partial charge in [0.15, 0.2) is 5.78 Å². The van der Waals surface area contributed by atoms with Crippen molar-refractivity contribution >= 4 is 5.78 Å². The monoisotopic (exact) mass is 588 g/mol. The van der Waals surface area contributed by atoms with Gasteiger partial charge in [0.2, 0.25) is 0 Å². The van der Waals surface area contributed by atoms with Crippen LogP contribution in [0.15, 0.2) is 166 Å². The summed E-state index contributed by atoms with van der Waals surface area (Å²) in [6, 6.07) is 0. The molecule has 1 aliphatic rings. The molecule has 0 aromatic carbocycles. The molecule has 44 heavy (non-hydrogen) atoms. The number of allylic oxidation sites excluding steroid dienone is 28. The van der Waals surface area contributed by atoms with Crippen LogP contribution >= 0.6 is 0 Å². The highest BCUT2D eigenvalue weighted by Crippen LogP contribution is 2.40. The van der Waals surface area contributed by atoms with E-state index in [0.29, 0.717) is 0 Å². The minimum absolute atomic E-state index is 0.0563. The molecule has 0 heterocycles. The minimum atomic E-state index is 0.0563. The first-order valence-electron chi connectivity index (χ1n) is 15.8. The first kappa shape index (κ1) is 38.1. The second-order valence-electron chi connectivity index (χ2n) is 12.5. The zero-order valence-electron chi connectivity index (χ0n) is 29.1. The molecule has 0 spiro atoms. The molecule has 0 saturated carbocycles. The van der Waals surface area contributed by atoms with Crippen LogP contribution in [0.5, 0.6) is 0 Å². The minimum Gasteiger partial charge on any atom is -0.295 e. The maximum absolute atomic E-state index is 11.0. The summed E-state index contributed by atoms with van der Waals surface area (Å²) in [5.74, 6) is 0.0563. The molecule has 0 fully saturated rings. The van der Waals surface area contributed by atoms with E-state index in [0.717, 1.165) is 11.1 Å². The van der Waals surface area contributed by atoms with Crippen LogP contribution in [0.4, 0.5) is 0 Å². The van der Waals surface area contributed by atoms with Crippen LogP contribution in [-0.2, 0) is 4.79 Å². The van der Waals surface area contributed by atoms with Gasteiger partial charge in [-0.05, 0) is 91.7 Å². The first-order valence-corrected chi connectivity index (χ1v) is 15.8. The number of hydrogen-bond acceptors (Lipinski definition) is 1. The van der Waals surface area contributed by atoms with E-state index in [1.54, 1.807) is 13.0 Å². The lowest BCUT2D eigenvalue weighted by Crippen LogP contribution is -2.19. The molecule has 0 aliphatic heterocycles. The number of carbonyl (C=O) groups is 1. The van der Waals surface area contributed by atoms with E-state index in [-0.39, 0.29) is 11.2 Å². The Balaban J connectivity index is 2.60. The van der Waals surface area contributed by atoms with E-state index in [4.69, 9.17) is 0 Å². The van der Waals surface area contributed by atoms with Crippen LogP contribution in [-0.4, -0.2) is 5.78 Å². The molecule has 0 aromatic rings. The SMILES string of the molecule is CC(=O)/C=C/C(C)=C/C=C/C(C)=C/C=C/C(C)=C/C=C/C(C)=C/C=C/C=C(C)/C=C/C=C(C)/C=C/C1=C(C)CCCC1(C)C. The average molecular weight is 589 g/mol. The van der Waals surface area contributed by atoms with E-state index >= 15 is 0 Å². The van der Waals surface area contributed by atoms with Crippen molar-refractivity contribution in [2.24, 2.45) is 5.41 Å². The second-order valence-corrected chi connectivity index (χ2v) is 12.5. The highest BCUT2D eigenvalue weighted by atomic mass is 16.1. The number of carbonyl (C=O) groups excluding carboxylic acids is 1. The predicted octanol–water partition coefficient (Wildman–Crippen LogP) is 12.7. The van der Waals surface area contributed by atoms with Gasteiger partial charge in [-0.15, -0.1) is 0 Å². The maximum Gasteiger partial charge on any atom is 0.152 e. The summed E-state index contributed by atoms with van der Waals surface area (Å²) in [4.78, 5) is 11.0. The third-order valence-electron chi connectivity index (χ3n) is 7.34. The standard InChI is InChI=1S/C43H56O/c1-34(20-13-22-36(3)23-14-24-37(4)25-16-26-38(5)29-31-41(8)44)18-11-12-19-35(2)21-15-27-39(6)30-32-42-40(7)28-17-33-43(42,9)10/h11-16,18-27,29-32H,17,28,33H2,1-10H3/b12-11+,20-13+,21-15+,23-14+,25-16+,31-29+,32-30+,34-18+,35-19+,36-22+,37-24+,38-26+,39-27+. The van der Waals surface area contributed by atoms with E-state index in [2.05, 4.69) is 153 Å². The second kappa shape index (κ2) is 20.9. The Bertz CT molecular complexity index is 1400. The van der Waals surface area contributed by atoms with Crippen LogP contribution in [0.25, 0.3) is 0 Å². The van der Waals surface area contributed by atoms with Gasteiger partial charge < -0.3 is 0 Å². The van der Waals surface area contributed by atoms with Gasteiger partial charge in [0.05, 0.1) is 0 Å². The third kappa shape index (κ3) is 17.9. The lowest BCUT2D eigenvalue weighted by molar-refractivity contribution is -0.112. The van der Waals surface area contributed by atoms with Crippen LogP contribution in [0.3, 0.4) is 0 Å². The summed E-state index contributed by atoms with van der Waals surface area (Å²) < 4.78 is 0. The Kier molecular flexibility index (Phi) is 18.0. The van der Waals surface area contributed by atoms with Crippen LogP contribution < -0.4 is 0 Å². The fraction of sp³-hybridized carbons (Fsp3) is 0.326. The van der Waals surface area contributed by atoms with Crippen molar-refractivity contribution in [3.05, 3.63) is 166 Å². The molecule has 0 saturated heterocycles. The largest absolute Gasteiger partial charge is 0.295 e. The zero-order valence-corrected chi connectivity index (χ0v) is 29.1. The Morgan fingerprint density at radius 3 is 1.27 bits per heavy atom.